The molecule has 0 aliphatic heterocycles. The van der Waals surface area contributed by atoms with E-state index in [1.165, 1.54) is 0 Å². The number of nitrogens with two attached hydrogens (primary N) is 1. The third-order valence-electron chi connectivity index (χ3n) is 6.43. The van der Waals surface area contributed by atoms with Gasteiger partial charge in [0.25, 0.3) is 10.2 Å². The van der Waals surface area contributed by atoms with Gasteiger partial charge in [0.05, 0.1) is 24.7 Å². The number of unbranched alkanes of at least 4 members (excludes halogenated alkanes) is 1. The number of aromatic amines is 1. The molecule has 0 fully saturated rings. The zero-order valence-corrected chi connectivity index (χ0v) is 22.6. The molecule has 0 saturated heterocycles. The van der Waals surface area contributed by atoms with E-state index in [9.17, 15) is 18.0 Å². The molecule has 0 saturated carbocycles. The molecule has 4 aromatic rings. The first-order valence-corrected chi connectivity index (χ1v) is 14.1. The van der Waals surface area contributed by atoms with Gasteiger partial charge in [-0.05, 0) is 62.1 Å². The fourth-order valence-corrected chi connectivity index (χ4v) is 4.93. The van der Waals surface area contributed by atoms with Crippen LogP contribution in [-0.4, -0.2) is 49.9 Å². The zero-order chi connectivity index (χ0) is 28.0. The number of amides is 2. The van der Waals surface area contributed by atoms with Gasteiger partial charge in [-0.3, -0.25) is 14.6 Å². The summed E-state index contributed by atoms with van der Waals surface area (Å²) in [4.78, 5) is 34.2. The van der Waals surface area contributed by atoms with Crippen molar-refractivity contribution >= 4 is 49.5 Å². The summed E-state index contributed by atoms with van der Waals surface area (Å²) in [6.07, 6.45) is 2.91. The number of anilines is 1. The molecule has 11 nitrogen and oxygen atoms in total. The van der Waals surface area contributed by atoms with Gasteiger partial charge < -0.3 is 20.4 Å². The summed E-state index contributed by atoms with van der Waals surface area (Å²) < 4.78 is 29.8. The Hall–Kier alpha value is -4.00. The number of nitrogens with one attached hydrogen (secondary N) is 4. The summed E-state index contributed by atoms with van der Waals surface area (Å²) >= 11 is 0. The lowest BCUT2D eigenvalue weighted by molar-refractivity contribution is -0.126. The van der Waals surface area contributed by atoms with E-state index in [0.717, 1.165) is 27.5 Å². The molecular weight excluding hydrogens is 520 g/mol. The van der Waals surface area contributed by atoms with Crippen LogP contribution >= 0.6 is 0 Å². The topological polar surface area (TPSA) is 168 Å². The Bertz CT molecular complexity index is 1600. The molecular formula is C27H32N6O5S. The third kappa shape index (κ3) is 7.31. The van der Waals surface area contributed by atoms with Crippen LogP contribution in [0.5, 0.6) is 5.75 Å². The number of methoxy groups -OCH3 is 1. The van der Waals surface area contributed by atoms with Gasteiger partial charge in [0.1, 0.15) is 11.8 Å². The highest BCUT2D eigenvalue weighted by Crippen LogP contribution is 2.27. The highest BCUT2D eigenvalue weighted by molar-refractivity contribution is 7.87. The Morgan fingerprint density at radius 2 is 1.92 bits per heavy atom. The maximum absolute atomic E-state index is 13.4. The number of H-pyrrole nitrogens is 1. The Morgan fingerprint density at radius 3 is 2.69 bits per heavy atom. The van der Waals surface area contributed by atoms with Crippen LogP contribution in [0.1, 0.15) is 30.5 Å². The quantitative estimate of drug-likeness (QED) is 0.169. The second-order valence-corrected chi connectivity index (χ2v) is 10.6. The number of rotatable bonds is 12. The summed E-state index contributed by atoms with van der Waals surface area (Å²) in [6, 6.07) is 13.9. The van der Waals surface area contributed by atoms with E-state index >= 15 is 0 Å². The Balaban J connectivity index is 1.50. The maximum Gasteiger partial charge on any atom is 0.274 e. The van der Waals surface area contributed by atoms with Crippen molar-refractivity contribution in [3.05, 3.63) is 66.0 Å². The number of carbonyl (C=O) groups excluding carboxylic acids is 2. The molecule has 0 bridgehead atoms. The number of hydrogen-bond acceptors (Lipinski definition) is 6. The van der Waals surface area contributed by atoms with Crippen molar-refractivity contribution in [2.75, 3.05) is 19.0 Å². The lowest BCUT2D eigenvalue weighted by Gasteiger charge is -2.19. The van der Waals surface area contributed by atoms with Crippen molar-refractivity contribution in [1.82, 2.24) is 20.0 Å². The number of fused-ring (bicyclic) bond motifs is 2. The number of aryl methyl sites for hydroxylation is 1. The van der Waals surface area contributed by atoms with Gasteiger partial charge in [-0.1, -0.05) is 18.2 Å². The molecule has 0 spiro atoms. The van der Waals surface area contributed by atoms with Gasteiger partial charge in [-0.15, -0.1) is 0 Å². The van der Waals surface area contributed by atoms with Crippen LogP contribution in [0.4, 0.5) is 5.69 Å². The molecule has 1 unspecified atom stereocenters. The normalized spacial score (nSPS) is 12.4. The molecule has 1 atom stereocenters. The van der Waals surface area contributed by atoms with Crippen LogP contribution in [0.15, 0.2) is 54.7 Å². The average Bonchev–Trinajstić information content (AvgIpc) is 3.21. The van der Waals surface area contributed by atoms with Crippen LogP contribution in [0.2, 0.25) is 0 Å². The standard InChI is InChI=1S/C27H32N6O5S/c1-17-20(21-15-19(38-2)11-12-22(21)31-17)16-25(34)32-24(9-3-4-14-30-39(28,36)37)27(35)33-23-10-5-7-18-8-6-13-29-26(18)23/h5-8,10-13,15,24,30-31H,3-4,9,14,16H2,1-2H3,(H,32,34)(H,33,35)(H2,28,36,37). The van der Waals surface area contributed by atoms with Crippen molar-refractivity contribution in [3.63, 3.8) is 0 Å². The van der Waals surface area contributed by atoms with Crippen molar-refractivity contribution in [2.45, 2.75) is 38.6 Å². The minimum Gasteiger partial charge on any atom is -0.497 e. The summed E-state index contributed by atoms with van der Waals surface area (Å²) in [5.41, 5.74) is 3.73. The van der Waals surface area contributed by atoms with Crippen LogP contribution in [0, 0.1) is 6.92 Å². The van der Waals surface area contributed by atoms with Crippen LogP contribution in [0.3, 0.4) is 0 Å². The number of carbonyl (C=O) groups is 2. The average molecular weight is 553 g/mol. The molecule has 0 radical (unpaired) electrons. The van der Waals surface area contributed by atoms with Crippen molar-refractivity contribution in [3.8, 4) is 5.75 Å². The number of nitrogens with zero attached hydrogens (tertiary/aromatic N) is 1. The highest BCUT2D eigenvalue weighted by Gasteiger charge is 2.23. The van der Waals surface area contributed by atoms with E-state index in [1.807, 2.05) is 49.4 Å². The summed E-state index contributed by atoms with van der Waals surface area (Å²) in [6.45, 7) is 2.02. The number of para-hydroxylation sites is 1. The van der Waals surface area contributed by atoms with E-state index < -0.39 is 22.2 Å². The summed E-state index contributed by atoms with van der Waals surface area (Å²) in [7, 11) is -2.21. The Kier molecular flexibility index (Phi) is 8.79. The predicted molar refractivity (Wildman–Crippen MR) is 151 cm³/mol. The minimum absolute atomic E-state index is 0.0611. The molecule has 2 heterocycles. The van der Waals surface area contributed by atoms with E-state index in [0.29, 0.717) is 36.2 Å². The summed E-state index contributed by atoms with van der Waals surface area (Å²) in [5.74, 6) is -0.0314. The Morgan fingerprint density at radius 1 is 1.13 bits per heavy atom. The van der Waals surface area contributed by atoms with E-state index in [1.54, 1.807) is 19.4 Å². The molecule has 39 heavy (non-hydrogen) atoms. The van der Waals surface area contributed by atoms with Gasteiger partial charge in [0.15, 0.2) is 0 Å². The molecule has 2 aromatic heterocycles. The molecule has 2 amide bonds. The smallest absolute Gasteiger partial charge is 0.274 e. The first-order valence-electron chi connectivity index (χ1n) is 12.5. The summed E-state index contributed by atoms with van der Waals surface area (Å²) in [5, 5.41) is 12.5. The Labute approximate surface area is 226 Å². The molecule has 206 valence electrons. The van der Waals surface area contributed by atoms with E-state index in [4.69, 9.17) is 9.88 Å². The molecule has 0 aliphatic carbocycles. The monoisotopic (exact) mass is 552 g/mol. The van der Waals surface area contributed by atoms with Crippen molar-refractivity contribution in [2.24, 2.45) is 5.14 Å². The second kappa shape index (κ2) is 12.2. The number of aromatic nitrogens is 2. The third-order valence-corrected chi connectivity index (χ3v) is 7.04. The molecule has 2 aromatic carbocycles. The van der Waals surface area contributed by atoms with Gasteiger partial charge in [-0.25, -0.2) is 9.86 Å². The molecule has 12 heteroatoms. The first kappa shape index (κ1) is 28.0. The molecule has 4 rings (SSSR count). The number of hydrogen-bond donors (Lipinski definition) is 5. The van der Waals surface area contributed by atoms with Crippen molar-refractivity contribution < 1.29 is 22.7 Å². The predicted octanol–water partition coefficient (Wildman–Crippen LogP) is 2.66. The lowest BCUT2D eigenvalue weighted by Crippen LogP contribution is -2.44. The SMILES string of the molecule is COc1ccc2[nH]c(C)c(CC(=O)NC(CCCCNS(N)(=O)=O)C(=O)Nc3cccc4cccnc34)c2c1. The fourth-order valence-electron chi connectivity index (χ4n) is 4.50. The van der Waals surface area contributed by atoms with Crippen molar-refractivity contribution in [1.29, 1.82) is 0 Å². The molecule has 6 N–H and O–H groups in total. The van der Waals surface area contributed by atoms with E-state index in [-0.39, 0.29) is 18.9 Å². The molecule has 0 aliphatic rings. The van der Waals surface area contributed by atoms with Gasteiger partial charge in [0, 0.05) is 34.7 Å². The first-order chi connectivity index (χ1) is 18.6. The van der Waals surface area contributed by atoms with Gasteiger partial charge in [0.2, 0.25) is 11.8 Å². The fraction of sp³-hybridized carbons (Fsp3) is 0.296. The van der Waals surface area contributed by atoms with Crippen LogP contribution in [0.25, 0.3) is 21.8 Å². The van der Waals surface area contributed by atoms with Crippen LogP contribution in [-0.2, 0) is 26.2 Å². The largest absolute Gasteiger partial charge is 0.497 e. The second-order valence-electron chi connectivity index (χ2n) is 9.24. The van der Waals surface area contributed by atoms with Gasteiger partial charge >= 0.3 is 0 Å². The van der Waals surface area contributed by atoms with Gasteiger partial charge in [-0.2, -0.15) is 8.42 Å². The number of ether oxygens (including phenoxy) is 1. The number of pyridine rings is 1. The zero-order valence-electron chi connectivity index (χ0n) is 21.8. The van der Waals surface area contributed by atoms with E-state index in [2.05, 4.69) is 25.3 Å². The number of benzene rings is 2. The lowest BCUT2D eigenvalue weighted by atomic mass is 10.0. The minimum atomic E-state index is -3.80. The maximum atomic E-state index is 13.4. The van der Waals surface area contributed by atoms with Crippen LogP contribution < -0.4 is 25.2 Å². The highest BCUT2D eigenvalue weighted by atomic mass is 32.2.